The highest BCUT2D eigenvalue weighted by atomic mass is 16.5. The van der Waals surface area contributed by atoms with Crippen molar-refractivity contribution in [3.8, 4) is 0 Å². The number of hydrogen-bond donors (Lipinski definition) is 2. The van der Waals surface area contributed by atoms with Crippen molar-refractivity contribution in [1.29, 1.82) is 0 Å². The summed E-state index contributed by atoms with van der Waals surface area (Å²) in [6, 6.07) is 10.1. The van der Waals surface area contributed by atoms with E-state index >= 15 is 0 Å². The molecule has 0 spiro atoms. The first-order chi connectivity index (χ1) is 11.6. The molecule has 1 aliphatic heterocycles. The SMILES string of the molecule is COCC1(CNC(=O)C(C)N(C)Cc2ccccc2)CCNCC1. The molecule has 134 valence electrons. The Morgan fingerprint density at radius 2 is 2.00 bits per heavy atom. The summed E-state index contributed by atoms with van der Waals surface area (Å²) in [7, 11) is 3.73. The molecule has 1 aromatic carbocycles. The summed E-state index contributed by atoms with van der Waals surface area (Å²) in [5.41, 5.74) is 1.28. The standard InChI is InChI=1S/C19H31N3O2/c1-16(22(2)13-17-7-5-4-6-8-17)18(23)21-14-19(15-24-3)9-11-20-12-10-19/h4-8,16,20H,9-15H2,1-3H3,(H,21,23). The maximum Gasteiger partial charge on any atom is 0.237 e. The van der Waals surface area contributed by atoms with E-state index < -0.39 is 0 Å². The van der Waals surface area contributed by atoms with Crippen LogP contribution in [0.5, 0.6) is 0 Å². The van der Waals surface area contributed by atoms with Crippen LogP contribution in [0.2, 0.25) is 0 Å². The number of nitrogens with one attached hydrogen (secondary N) is 2. The summed E-state index contributed by atoms with van der Waals surface area (Å²) in [6.07, 6.45) is 2.07. The van der Waals surface area contributed by atoms with Gasteiger partial charge in [-0.05, 0) is 45.5 Å². The van der Waals surface area contributed by atoms with Crippen LogP contribution in [-0.4, -0.2) is 57.2 Å². The number of amides is 1. The highest BCUT2D eigenvalue weighted by Gasteiger charge is 2.33. The minimum Gasteiger partial charge on any atom is -0.384 e. The van der Waals surface area contributed by atoms with Crippen molar-refractivity contribution < 1.29 is 9.53 Å². The van der Waals surface area contributed by atoms with Crippen LogP contribution in [0.1, 0.15) is 25.3 Å². The molecule has 1 aliphatic rings. The molecule has 2 rings (SSSR count). The number of nitrogens with zero attached hydrogens (tertiary/aromatic N) is 1. The molecule has 1 amide bonds. The van der Waals surface area contributed by atoms with Crippen LogP contribution in [-0.2, 0) is 16.1 Å². The molecular formula is C19H31N3O2. The van der Waals surface area contributed by atoms with E-state index in [4.69, 9.17) is 4.74 Å². The van der Waals surface area contributed by atoms with Crippen molar-refractivity contribution in [3.63, 3.8) is 0 Å². The van der Waals surface area contributed by atoms with Crippen molar-refractivity contribution in [2.75, 3.05) is 40.4 Å². The summed E-state index contributed by atoms with van der Waals surface area (Å²) in [4.78, 5) is 14.6. The quantitative estimate of drug-likeness (QED) is 0.759. The van der Waals surface area contributed by atoms with Gasteiger partial charge < -0.3 is 15.4 Å². The van der Waals surface area contributed by atoms with Gasteiger partial charge in [0.2, 0.25) is 5.91 Å². The first kappa shape index (κ1) is 18.9. The maximum atomic E-state index is 12.6. The molecule has 5 heteroatoms. The maximum absolute atomic E-state index is 12.6. The zero-order valence-electron chi connectivity index (χ0n) is 15.2. The van der Waals surface area contributed by atoms with Gasteiger partial charge in [-0.3, -0.25) is 9.69 Å². The second-order valence-corrected chi connectivity index (χ2v) is 6.98. The minimum atomic E-state index is -0.161. The number of methoxy groups -OCH3 is 1. The molecule has 5 nitrogen and oxygen atoms in total. The summed E-state index contributed by atoms with van der Waals surface area (Å²) < 4.78 is 5.41. The molecule has 1 unspecified atom stereocenters. The lowest BCUT2D eigenvalue weighted by Crippen LogP contribution is -2.50. The molecule has 0 saturated carbocycles. The molecule has 24 heavy (non-hydrogen) atoms. The molecule has 0 aliphatic carbocycles. The third-order valence-corrected chi connectivity index (χ3v) is 5.07. The lowest BCUT2D eigenvalue weighted by molar-refractivity contribution is -0.126. The van der Waals surface area contributed by atoms with Crippen LogP contribution in [0, 0.1) is 5.41 Å². The number of benzene rings is 1. The Kier molecular flexibility index (Phi) is 7.21. The smallest absolute Gasteiger partial charge is 0.237 e. The lowest BCUT2D eigenvalue weighted by atomic mass is 9.79. The van der Waals surface area contributed by atoms with Gasteiger partial charge in [0.25, 0.3) is 0 Å². The second kappa shape index (κ2) is 9.16. The van der Waals surface area contributed by atoms with E-state index in [0.717, 1.165) is 32.5 Å². The van der Waals surface area contributed by atoms with Crippen molar-refractivity contribution in [3.05, 3.63) is 35.9 Å². The highest BCUT2D eigenvalue weighted by Crippen LogP contribution is 2.28. The summed E-state index contributed by atoms with van der Waals surface area (Å²) >= 11 is 0. The molecule has 0 aromatic heterocycles. The average Bonchev–Trinajstić information content (AvgIpc) is 2.61. The van der Waals surface area contributed by atoms with Gasteiger partial charge in [0.15, 0.2) is 0 Å². The van der Waals surface area contributed by atoms with Gasteiger partial charge in [-0.1, -0.05) is 30.3 Å². The Morgan fingerprint density at radius 1 is 1.33 bits per heavy atom. The molecule has 1 saturated heterocycles. The van der Waals surface area contributed by atoms with Crippen molar-refractivity contribution >= 4 is 5.91 Å². The Balaban J connectivity index is 1.85. The van der Waals surface area contributed by atoms with Crippen LogP contribution in [0.3, 0.4) is 0 Å². The van der Waals surface area contributed by atoms with Gasteiger partial charge in [-0.25, -0.2) is 0 Å². The molecule has 0 radical (unpaired) electrons. The predicted molar refractivity (Wildman–Crippen MR) is 96.8 cm³/mol. The van der Waals surface area contributed by atoms with Gasteiger partial charge in [-0.15, -0.1) is 0 Å². The summed E-state index contributed by atoms with van der Waals surface area (Å²) in [5.74, 6) is 0.0856. The monoisotopic (exact) mass is 333 g/mol. The molecule has 1 aromatic rings. The fourth-order valence-corrected chi connectivity index (χ4v) is 3.27. The largest absolute Gasteiger partial charge is 0.384 e. The molecular weight excluding hydrogens is 302 g/mol. The third kappa shape index (κ3) is 5.30. The van der Waals surface area contributed by atoms with Gasteiger partial charge in [0, 0.05) is 25.6 Å². The molecule has 0 bridgehead atoms. The Bertz CT molecular complexity index is 495. The number of likely N-dealkylation sites (N-methyl/N-ethyl adjacent to an activating group) is 1. The predicted octanol–water partition coefficient (Wildman–Crippen LogP) is 1.64. The van der Waals surface area contributed by atoms with Gasteiger partial charge in [0.05, 0.1) is 12.6 Å². The number of ether oxygens (including phenoxy) is 1. The van der Waals surface area contributed by atoms with E-state index in [1.807, 2.05) is 32.2 Å². The second-order valence-electron chi connectivity index (χ2n) is 6.98. The Hall–Kier alpha value is -1.43. The lowest BCUT2D eigenvalue weighted by Gasteiger charge is -2.37. The fourth-order valence-electron chi connectivity index (χ4n) is 3.27. The van der Waals surface area contributed by atoms with Crippen molar-refractivity contribution in [1.82, 2.24) is 15.5 Å². The zero-order valence-corrected chi connectivity index (χ0v) is 15.2. The molecule has 1 heterocycles. The fraction of sp³-hybridized carbons (Fsp3) is 0.632. The number of hydrogen-bond acceptors (Lipinski definition) is 4. The van der Waals surface area contributed by atoms with Crippen LogP contribution in [0.4, 0.5) is 0 Å². The van der Waals surface area contributed by atoms with E-state index in [2.05, 4.69) is 27.7 Å². The van der Waals surface area contributed by atoms with Crippen molar-refractivity contribution in [2.24, 2.45) is 5.41 Å². The number of carbonyl (C=O) groups excluding carboxylic acids is 1. The number of carbonyl (C=O) groups is 1. The Labute approximate surface area is 145 Å². The summed E-state index contributed by atoms with van der Waals surface area (Å²) in [5, 5.41) is 6.53. The first-order valence-electron chi connectivity index (χ1n) is 8.78. The van der Waals surface area contributed by atoms with Crippen LogP contribution < -0.4 is 10.6 Å². The van der Waals surface area contributed by atoms with Gasteiger partial charge in [0.1, 0.15) is 0 Å². The van der Waals surface area contributed by atoms with E-state index in [1.54, 1.807) is 7.11 Å². The molecule has 1 fully saturated rings. The van der Waals surface area contributed by atoms with E-state index in [9.17, 15) is 4.79 Å². The van der Waals surface area contributed by atoms with Crippen molar-refractivity contribution in [2.45, 2.75) is 32.4 Å². The first-order valence-corrected chi connectivity index (χ1v) is 8.78. The van der Waals surface area contributed by atoms with Gasteiger partial charge >= 0.3 is 0 Å². The van der Waals surface area contributed by atoms with E-state index in [1.165, 1.54) is 5.56 Å². The molecule has 2 N–H and O–H groups in total. The van der Waals surface area contributed by atoms with E-state index in [0.29, 0.717) is 13.2 Å². The minimum absolute atomic E-state index is 0.0629. The highest BCUT2D eigenvalue weighted by molar-refractivity contribution is 5.81. The topological polar surface area (TPSA) is 53.6 Å². The Morgan fingerprint density at radius 3 is 2.62 bits per heavy atom. The average molecular weight is 333 g/mol. The number of piperidine rings is 1. The van der Waals surface area contributed by atoms with E-state index in [-0.39, 0.29) is 17.4 Å². The van der Waals surface area contributed by atoms with Crippen LogP contribution in [0.25, 0.3) is 0 Å². The van der Waals surface area contributed by atoms with Crippen LogP contribution >= 0.6 is 0 Å². The van der Waals surface area contributed by atoms with Gasteiger partial charge in [-0.2, -0.15) is 0 Å². The van der Waals surface area contributed by atoms with Crippen LogP contribution in [0.15, 0.2) is 30.3 Å². The normalized spacial score (nSPS) is 18.3. The summed E-state index contributed by atoms with van der Waals surface area (Å²) in [6.45, 7) is 6.09. The number of rotatable bonds is 8. The molecule has 1 atom stereocenters. The zero-order chi connectivity index (χ0) is 17.4. The third-order valence-electron chi connectivity index (χ3n) is 5.07.